The van der Waals surface area contributed by atoms with Crippen molar-refractivity contribution in [2.75, 3.05) is 0 Å². The van der Waals surface area contributed by atoms with Gasteiger partial charge in [-0.3, -0.25) is 0 Å². The van der Waals surface area contributed by atoms with Crippen LogP contribution in [0.3, 0.4) is 0 Å². The van der Waals surface area contributed by atoms with Crippen molar-refractivity contribution in [2.24, 2.45) is 0 Å². The Morgan fingerprint density at radius 1 is 1.15 bits per heavy atom. The maximum atomic E-state index is 4.42. The monoisotopic (exact) mass is 464 g/mol. The topological polar surface area (TPSA) is 0 Å². The van der Waals surface area contributed by atoms with Crippen LogP contribution < -0.4 is 0 Å². The van der Waals surface area contributed by atoms with Gasteiger partial charge in [-0.1, -0.05) is 69.0 Å². The van der Waals surface area contributed by atoms with Gasteiger partial charge >= 0.3 is 0 Å². The molecule has 0 fully saturated rings. The first-order chi connectivity index (χ1) is 12.9. The molecule has 0 nitrogen and oxygen atoms in total. The van der Waals surface area contributed by atoms with Gasteiger partial charge in [0.2, 0.25) is 0 Å². The van der Waals surface area contributed by atoms with Crippen LogP contribution in [-0.4, -0.2) is 0 Å². The smallest absolute Gasteiger partial charge is 0.0159 e. The zero-order chi connectivity index (χ0) is 19.2. The Morgan fingerprint density at radius 2 is 1.96 bits per heavy atom. The Morgan fingerprint density at radius 3 is 2.74 bits per heavy atom. The lowest BCUT2D eigenvalue weighted by Gasteiger charge is -2.23. The van der Waals surface area contributed by atoms with Crippen molar-refractivity contribution in [1.82, 2.24) is 0 Å². The molecule has 0 heterocycles. The van der Waals surface area contributed by atoms with E-state index in [0.717, 1.165) is 18.4 Å². The van der Waals surface area contributed by atoms with Gasteiger partial charge in [0.05, 0.1) is 0 Å². The lowest BCUT2D eigenvalue weighted by atomic mass is 9.81. The minimum absolute atomic E-state index is 0.0352. The lowest BCUT2D eigenvalue weighted by molar-refractivity contribution is 0.661. The molecule has 0 N–H and O–H groups in total. The van der Waals surface area contributed by atoms with E-state index in [1.807, 2.05) is 0 Å². The summed E-state index contributed by atoms with van der Waals surface area (Å²) in [6.07, 6.45) is 11.3. The highest BCUT2D eigenvalue weighted by Gasteiger charge is 2.37. The summed E-state index contributed by atoms with van der Waals surface area (Å²) in [5, 5.41) is 0. The SMILES string of the molecule is C=C1/C(=C\C(I)=C/C)C(C)(C)c2cc(-c3cccc4c3C=CCC4)ccc21. The molecule has 0 saturated carbocycles. The zero-order valence-corrected chi connectivity index (χ0v) is 18.4. The van der Waals surface area contributed by atoms with Crippen LogP contribution in [0.25, 0.3) is 22.8 Å². The molecular formula is C26H25I. The number of fused-ring (bicyclic) bond motifs is 2. The lowest BCUT2D eigenvalue weighted by Crippen LogP contribution is -2.15. The first kappa shape index (κ1) is 18.5. The van der Waals surface area contributed by atoms with Crippen molar-refractivity contribution in [3.8, 4) is 11.1 Å². The molecule has 1 heteroatoms. The molecule has 2 aliphatic rings. The number of halogens is 1. The molecule has 0 aromatic heterocycles. The largest absolute Gasteiger partial charge is 0.0908 e. The van der Waals surface area contributed by atoms with Crippen LogP contribution in [0.1, 0.15) is 49.4 Å². The van der Waals surface area contributed by atoms with E-state index in [4.69, 9.17) is 0 Å². The van der Waals surface area contributed by atoms with E-state index < -0.39 is 0 Å². The molecule has 4 rings (SSSR count). The highest BCUT2D eigenvalue weighted by molar-refractivity contribution is 14.1. The Labute approximate surface area is 176 Å². The summed E-state index contributed by atoms with van der Waals surface area (Å²) in [5.74, 6) is 0. The van der Waals surface area contributed by atoms with Crippen molar-refractivity contribution in [3.05, 3.63) is 92.6 Å². The normalized spacial score (nSPS) is 19.3. The first-order valence-electron chi connectivity index (χ1n) is 9.60. The molecule has 0 unspecified atom stereocenters. The molecule has 0 spiro atoms. The Hall–Kier alpha value is -1.87. The average Bonchev–Trinajstić information content (AvgIpc) is 2.87. The van der Waals surface area contributed by atoms with Crippen LogP contribution in [0.15, 0.2) is 70.4 Å². The predicted molar refractivity (Wildman–Crippen MR) is 127 cm³/mol. The molecule has 0 bridgehead atoms. The molecule has 2 aliphatic carbocycles. The summed E-state index contributed by atoms with van der Waals surface area (Å²) in [6.45, 7) is 11.1. The van der Waals surface area contributed by atoms with Crippen LogP contribution in [0, 0.1) is 0 Å². The molecule has 136 valence electrons. The summed E-state index contributed by atoms with van der Waals surface area (Å²) in [4.78, 5) is 0. The van der Waals surface area contributed by atoms with Gasteiger partial charge < -0.3 is 0 Å². The molecular weight excluding hydrogens is 439 g/mol. The van der Waals surface area contributed by atoms with E-state index >= 15 is 0 Å². The minimum Gasteiger partial charge on any atom is -0.0908 e. The van der Waals surface area contributed by atoms with Crippen molar-refractivity contribution in [2.45, 2.75) is 39.0 Å². The van der Waals surface area contributed by atoms with Gasteiger partial charge in [-0.2, -0.15) is 0 Å². The number of rotatable bonds is 2. The van der Waals surface area contributed by atoms with Gasteiger partial charge in [-0.05, 0) is 99.0 Å². The van der Waals surface area contributed by atoms with Crippen molar-refractivity contribution < 1.29 is 0 Å². The summed E-state index contributed by atoms with van der Waals surface area (Å²) < 4.78 is 1.26. The minimum atomic E-state index is -0.0352. The van der Waals surface area contributed by atoms with Crippen molar-refractivity contribution in [1.29, 1.82) is 0 Å². The van der Waals surface area contributed by atoms with E-state index in [2.05, 4.69) is 111 Å². The predicted octanol–water partition coefficient (Wildman–Crippen LogP) is 7.88. The third-order valence-electron chi connectivity index (χ3n) is 5.95. The fourth-order valence-electron chi connectivity index (χ4n) is 4.37. The van der Waals surface area contributed by atoms with E-state index in [-0.39, 0.29) is 5.41 Å². The molecule has 0 saturated heterocycles. The van der Waals surface area contributed by atoms with Crippen LogP contribution in [0.2, 0.25) is 0 Å². The summed E-state index contributed by atoms with van der Waals surface area (Å²) in [5.41, 5.74) is 10.6. The maximum Gasteiger partial charge on any atom is 0.0159 e. The third-order valence-corrected chi connectivity index (χ3v) is 6.88. The highest BCUT2D eigenvalue weighted by atomic mass is 127. The zero-order valence-electron chi connectivity index (χ0n) is 16.3. The molecule has 0 aliphatic heterocycles. The first-order valence-corrected chi connectivity index (χ1v) is 10.7. The molecule has 0 amide bonds. The van der Waals surface area contributed by atoms with E-state index in [1.165, 1.54) is 42.5 Å². The number of hydrogen-bond donors (Lipinski definition) is 0. The third kappa shape index (κ3) is 3.06. The molecule has 2 aromatic rings. The fraction of sp³-hybridized carbons (Fsp3) is 0.231. The second-order valence-electron chi connectivity index (χ2n) is 7.91. The fourth-order valence-corrected chi connectivity index (χ4v) is 4.68. The van der Waals surface area contributed by atoms with Crippen molar-refractivity contribution in [3.63, 3.8) is 0 Å². The second kappa shape index (κ2) is 6.94. The quantitative estimate of drug-likeness (QED) is 0.397. The summed E-state index contributed by atoms with van der Waals surface area (Å²) in [7, 11) is 0. The number of benzene rings is 2. The van der Waals surface area contributed by atoms with Crippen LogP contribution in [-0.2, 0) is 11.8 Å². The van der Waals surface area contributed by atoms with E-state index in [9.17, 15) is 0 Å². The Balaban J connectivity index is 1.87. The van der Waals surface area contributed by atoms with Gasteiger partial charge in [-0.25, -0.2) is 0 Å². The summed E-state index contributed by atoms with van der Waals surface area (Å²) in [6, 6.07) is 13.6. The molecule has 0 atom stereocenters. The van der Waals surface area contributed by atoms with Crippen LogP contribution >= 0.6 is 22.6 Å². The van der Waals surface area contributed by atoms with E-state index in [0.29, 0.717) is 0 Å². The van der Waals surface area contributed by atoms with Gasteiger partial charge in [0.15, 0.2) is 0 Å². The highest BCUT2D eigenvalue weighted by Crippen LogP contribution is 2.50. The van der Waals surface area contributed by atoms with Crippen molar-refractivity contribution >= 4 is 34.2 Å². The second-order valence-corrected chi connectivity index (χ2v) is 9.16. The number of aryl methyl sites for hydroxylation is 1. The van der Waals surface area contributed by atoms with Gasteiger partial charge in [0.25, 0.3) is 0 Å². The number of allylic oxidation sites excluding steroid dienone is 6. The summed E-state index contributed by atoms with van der Waals surface area (Å²) >= 11 is 2.40. The maximum absolute atomic E-state index is 4.42. The van der Waals surface area contributed by atoms with E-state index in [1.54, 1.807) is 0 Å². The molecule has 0 radical (unpaired) electrons. The Bertz CT molecular complexity index is 1030. The van der Waals surface area contributed by atoms with Crippen LogP contribution in [0.4, 0.5) is 0 Å². The van der Waals surface area contributed by atoms with Gasteiger partial charge in [0, 0.05) is 8.99 Å². The molecule has 2 aromatic carbocycles. The van der Waals surface area contributed by atoms with Crippen LogP contribution in [0.5, 0.6) is 0 Å². The Kier molecular flexibility index (Phi) is 4.75. The van der Waals surface area contributed by atoms with Gasteiger partial charge in [0.1, 0.15) is 0 Å². The molecule has 27 heavy (non-hydrogen) atoms. The standard InChI is InChI=1S/C26H25I/c1-5-20(27)16-24-17(2)21-14-13-19(15-25(21)26(24,3)4)23-12-8-10-18-9-6-7-11-22(18)23/h5,7-8,10-16H,2,6,9H2,1,3-4H3/b20-5+,24-16+. The average molecular weight is 464 g/mol. The van der Waals surface area contributed by atoms with Gasteiger partial charge in [-0.15, -0.1) is 0 Å². The number of hydrogen-bond acceptors (Lipinski definition) is 0.